The number of hydrogen-bond acceptors (Lipinski definition) is 3. The van der Waals surface area contributed by atoms with Gasteiger partial charge in [0.15, 0.2) is 0 Å². The zero-order chi connectivity index (χ0) is 14.5. The van der Waals surface area contributed by atoms with Crippen molar-refractivity contribution in [2.45, 2.75) is 18.9 Å². The molecule has 0 spiro atoms. The molecule has 20 heavy (non-hydrogen) atoms. The van der Waals surface area contributed by atoms with Crippen LogP contribution in [0, 0.1) is 11.7 Å². The monoisotopic (exact) mass is 344 g/mol. The van der Waals surface area contributed by atoms with Gasteiger partial charge >= 0.3 is 0 Å². The van der Waals surface area contributed by atoms with Crippen molar-refractivity contribution in [3.05, 3.63) is 34.1 Å². The fourth-order valence-corrected chi connectivity index (χ4v) is 3.53. The minimum Gasteiger partial charge on any atom is -0.384 e. The fourth-order valence-electron chi connectivity index (χ4n) is 2.91. The quantitative estimate of drug-likeness (QED) is 0.892. The Morgan fingerprint density at radius 2 is 2.15 bits per heavy atom. The Kier molecular flexibility index (Phi) is 5.96. The second-order valence-corrected chi connectivity index (χ2v) is 6.21. The van der Waals surface area contributed by atoms with E-state index in [-0.39, 0.29) is 11.9 Å². The Hall–Kier alpha value is -0.490. The molecule has 112 valence electrons. The van der Waals surface area contributed by atoms with E-state index in [0.29, 0.717) is 12.5 Å². The number of piperidine rings is 1. The van der Waals surface area contributed by atoms with Crippen molar-refractivity contribution in [3.63, 3.8) is 0 Å². The lowest BCUT2D eigenvalue weighted by atomic mass is 9.95. The third-order valence-electron chi connectivity index (χ3n) is 4.04. The average molecular weight is 345 g/mol. The summed E-state index contributed by atoms with van der Waals surface area (Å²) in [5, 5.41) is 0. The van der Waals surface area contributed by atoms with E-state index in [0.717, 1.165) is 42.6 Å². The van der Waals surface area contributed by atoms with E-state index in [2.05, 4.69) is 20.8 Å². The number of halogens is 2. The predicted molar refractivity (Wildman–Crippen MR) is 82.1 cm³/mol. The number of methoxy groups -OCH3 is 1. The smallest absolute Gasteiger partial charge is 0.124 e. The first kappa shape index (κ1) is 15.9. The molecule has 5 heteroatoms. The normalized spacial score (nSPS) is 19.2. The minimum atomic E-state index is -0.227. The van der Waals surface area contributed by atoms with E-state index in [1.54, 1.807) is 7.11 Å². The van der Waals surface area contributed by atoms with Crippen molar-refractivity contribution < 1.29 is 9.13 Å². The summed E-state index contributed by atoms with van der Waals surface area (Å²) >= 11 is 3.45. The van der Waals surface area contributed by atoms with E-state index < -0.39 is 0 Å². The summed E-state index contributed by atoms with van der Waals surface area (Å²) in [4.78, 5) is 2.39. The largest absolute Gasteiger partial charge is 0.384 e. The SMILES string of the molecule is COCC1CCN(C(CN)c2ccc(F)cc2Br)CC1. The lowest BCUT2D eigenvalue weighted by molar-refractivity contribution is 0.0809. The van der Waals surface area contributed by atoms with Crippen LogP contribution in [-0.4, -0.2) is 38.3 Å². The van der Waals surface area contributed by atoms with Gasteiger partial charge in [-0.25, -0.2) is 4.39 Å². The maximum Gasteiger partial charge on any atom is 0.124 e. The van der Waals surface area contributed by atoms with E-state index in [1.165, 1.54) is 12.1 Å². The van der Waals surface area contributed by atoms with Gasteiger partial charge in [0.2, 0.25) is 0 Å². The lowest BCUT2D eigenvalue weighted by Gasteiger charge is -2.37. The Balaban J connectivity index is 2.05. The molecule has 2 rings (SSSR count). The maximum absolute atomic E-state index is 13.2. The van der Waals surface area contributed by atoms with Crippen molar-refractivity contribution in [1.82, 2.24) is 4.90 Å². The molecule has 2 N–H and O–H groups in total. The van der Waals surface area contributed by atoms with Crippen LogP contribution in [0.25, 0.3) is 0 Å². The zero-order valence-corrected chi connectivity index (χ0v) is 13.4. The van der Waals surface area contributed by atoms with Gasteiger partial charge in [0.25, 0.3) is 0 Å². The maximum atomic E-state index is 13.2. The summed E-state index contributed by atoms with van der Waals surface area (Å²) in [7, 11) is 1.75. The Morgan fingerprint density at radius 1 is 1.45 bits per heavy atom. The molecule has 0 radical (unpaired) electrons. The molecule has 1 aromatic rings. The number of hydrogen-bond donors (Lipinski definition) is 1. The molecular weight excluding hydrogens is 323 g/mol. The molecule has 0 amide bonds. The molecule has 1 saturated heterocycles. The molecular formula is C15H22BrFN2O. The second kappa shape index (κ2) is 7.50. The first-order valence-electron chi connectivity index (χ1n) is 7.03. The number of ether oxygens (including phenoxy) is 1. The van der Waals surface area contributed by atoms with Crippen molar-refractivity contribution in [1.29, 1.82) is 0 Å². The second-order valence-electron chi connectivity index (χ2n) is 5.35. The molecule has 1 aromatic carbocycles. The first-order chi connectivity index (χ1) is 9.65. The number of benzene rings is 1. The van der Waals surface area contributed by atoms with Crippen LogP contribution < -0.4 is 5.73 Å². The molecule has 1 unspecified atom stereocenters. The summed E-state index contributed by atoms with van der Waals surface area (Å²) < 4.78 is 19.2. The molecule has 1 aliphatic heterocycles. The van der Waals surface area contributed by atoms with Gasteiger partial charge in [0.05, 0.1) is 0 Å². The molecule has 1 fully saturated rings. The van der Waals surface area contributed by atoms with Crippen molar-refractivity contribution in [2.75, 3.05) is 33.4 Å². The van der Waals surface area contributed by atoms with Crippen LogP contribution in [0.1, 0.15) is 24.4 Å². The van der Waals surface area contributed by atoms with Crippen molar-refractivity contribution in [3.8, 4) is 0 Å². The predicted octanol–water partition coefficient (Wildman–Crippen LogP) is 2.95. The average Bonchev–Trinajstić information content (AvgIpc) is 2.44. The summed E-state index contributed by atoms with van der Waals surface area (Å²) in [5.74, 6) is 0.418. The summed E-state index contributed by atoms with van der Waals surface area (Å²) in [6.07, 6.45) is 2.26. The topological polar surface area (TPSA) is 38.5 Å². The van der Waals surface area contributed by atoms with E-state index in [4.69, 9.17) is 10.5 Å². The highest BCUT2D eigenvalue weighted by molar-refractivity contribution is 9.10. The number of nitrogens with zero attached hydrogens (tertiary/aromatic N) is 1. The van der Waals surface area contributed by atoms with E-state index in [1.807, 2.05) is 6.07 Å². The van der Waals surface area contributed by atoms with Gasteiger partial charge in [0.1, 0.15) is 5.82 Å². The molecule has 1 atom stereocenters. The van der Waals surface area contributed by atoms with Gasteiger partial charge in [-0.2, -0.15) is 0 Å². The van der Waals surface area contributed by atoms with Crippen LogP contribution in [0.2, 0.25) is 0 Å². The van der Waals surface area contributed by atoms with Crippen LogP contribution in [0.4, 0.5) is 4.39 Å². The van der Waals surface area contributed by atoms with E-state index >= 15 is 0 Å². The van der Waals surface area contributed by atoms with Gasteiger partial charge in [-0.3, -0.25) is 4.90 Å². The van der Waals surface area contributed by atoms with Gasteiger partial charge in [-0.05, 0) is 49.5 Å². The van der Waals surface area contributed by atoms with Gasteiger partial charge in [-0.1, -0.05) is 22.0 Å². The number of likely N-dealkylation sites (tertiary alicyclic amines) is 1. The summed E-state index contributed by atoms with van der Waals surface area (Å²) in [6.45, 7) is 3.40. The van der Waals surface area contributed by atoms with Crippen LogP contribution in [0.3, 0.4) is 0 Å². The zero-order valence-electron chi connectivity index (χ0n) is 11.8. The third kappa shape index (κ3) is 3.79. The van der Waals surface area contributed by atoms with Gasteiger partial charge in [-0.15, -0.1) is 0 Å². The summed E-state index contributed by atoms with van der Waals surface area (Å²) in [6, 6.07) is 4.99. The Bertz CT molecular complexity index is 436. The molecule has 3 nitrogen and oxygen atoms in total. The highest BCUT2D eigenvalue weighted by Crippen LogP contribution is 2.31. The Morgan fingerprint density at radius 3 is 2.70 bits per heavy atom. The van der Waals surface area contributed by atoms with Crippen LogP contribution in [-0.2, 0) is 4.74 Å². The van der Waals surface area contributed by atoms with Crippen LogP contribution in [0.5, 0.6) is 0 Å². The number of nitrogens with two attached hydrogens (primary N) is 1. The van der Waals surface area contributed by atoms with Crippen molar-refractivity contribution in [2.24, 2.45) is 11.7 Å². The van der Waals surface area contributed by atoms with E-state index in [9.17, 15) is 4.39 Å². The van der Waals surface area contributed by atoms with Crippen LogP contribution >= 0.6 is 15.9 Å². The standard InChI is InChI=1S/C15H22BrFN2O/c1-20-10-11-4-6-19(7-5-11)15(9-18)13-3-2-12(17)8-14(13)16/h2-3,8,11,15H,4-7,9-10,18H2,1H3. The minimum absolute atomic E-state index is 0.147. The highest BCUT2D eigenvalue weighted by Gasteiger charge is 2.26. The van der Waals surface area contributed by atoms with Gasteiger partial charge in [0, 0.05) is 30.8 Å². The third-order valence-corrected chi connectivity index (χ3v) is 4.72. The molecule has 0 aliphatic carbocycles. The van der Waals surface area contributed by atoms with Crippen molar-refractivity contribution >= 4 is 15.9 Å². The summed E-state index contributed by atoms with van der Waals surface area (Å²) in [5.41, 5.74) is 7.02. The molecule has 0 aromatic heterocycles. The molecule has 1 aliphatic rings. The number of rotatable bonds is 5. The Labute approximate surface area is 128 Å². The first-order valence-corrected chi connectivity index (χ1v) is 7.83. The molecule has 1 heterocycles. The molecule has 0 bridgehead atoms. The fraction of sp³-hybridized carbons (Fsp3) is 0.600. The highest BCUT2D eigenvalue weighted by atomic mass is 79.9. The molecule has 0 saturated carbocycles. The van der Waals surface area contributed by atoms with Gasteiger partial charge < -0.3 is 10.5 Å². The van der Waals surface area contributed by atoms with Crippen LogP contribution in [0.15, 0.2) is 22.7 Å². The lowest BCUT2D eigenvalue weighted by Crippen LogP contribution is -2.40.